The van der Waals surface area contributed by atoms with Crippen LogP contribution >= 0.6 is 11.8 Å². The fourth-order valence-electron chi connectivity index (χ4n) is 2.88. The van der Waals surface area contributed by atoms with Crippen LogP contribution in [0.2, 0.25) is 0 Å². The number of rotatable bonds is 7. The molecule has 0 radical (unpaired) electrons. The summed E-state index contributed by atoms with van der Waals surface area (Å²) in [6, 6.07) is 7.63. The molecule has 5 nitrogen and oxygen atoms in total. The summed E-state index contributed by atoms with van der Waals surface area (Å²) < 4.78 is 5.13. The van der Waals surface area contributed by atoms with E-state index in [0.717, 1.165) is 11.3 Å². The number of carbonyl (C=O) groups excluding carboxylic acids is 1. The number of hydrogen-bond donors (Lipinski definition) is 1. The number of aromatic nitrogens is 2. The largest absolute Gasteiger partial charge is 0.352 e. The third kappa shape index (κ3) is 5.19. The van der Waals surface area contributed by atoms with Crippen molar-refractivity contribution in [3.63, 3.8) is 0 Å². The van der Waals surface area contributed by atoms with Gasteiger partial charge in [0.15, 0.2) is 5.82 Å². The topological polar surface area (TPSA) is 68.0 Å². The minimum absolute atomic E-state index is 0.0266. The monoisotopic (exact) mass is 357 g/mol. The highest BCUT2D eigenvalue weighted by Gasteiger charge is 2.13. The molecule has 1 aliphatic rings. The van der Waals surface area contributed by atoms with E-state index < -0.39 is 0 Å². The van der Waals surface area contributed by atoms with Crippen molar-refractivity contribution < 1.29 is 9.32 Å². The fourth-order valence-corrected chi connectivity index (χ4v) is 3.77. The predicted molar refractivity (Wildman–Crippen MR) is 98.5 cm³/mol. The van der Waals surface area contributed by atoms with Gasteiger partial charge in [-0.3, -0.25) is 4.79 Å². The highest BCUT2D eigenvalue weighted by Crippen LogP contribution is 2.26. The quantitative estimate of drug-likeness (QED) is 0.591. The summed E-state index contributed by atoms with van der Waals surface area (Å²) in [5.74, 6) is 1.72. The second-order valence-electron chi connectivity index (χ2n) is 6.13. The van der Waals surface area contributed by atoms with Crippen molar-refractivity contribution in [3.05, 3.63) is 53.2 Å². The highest BCUT2D eigenvalue weighted by atomic mass is 32.2. The number of nitrogens with one attached hydrogen (secondary N) is 1. The first-order valence-electron chi connectivity index (χ1n) is 8.69. The SMILES string of the molecule is Cc1noc(CSc2ccccc2C(=O)NCCC2=CCCCC2)n1. The van der Waals surface area contributed by atoms with Gasteiger partial charge < -0.3 is 9.84 Å². The van der Waals surface area contributed by atoms with Crippen LogP contribution < -0.4 is 5.32 Å². The van der Waals surface area contributed by atoms with Crippen LogP contribution in [0.5, 0.6) is 0 Å². The van der Waals surface area contributed by atoms with Crippen LogP contribution in [0, 0.1) is 6.92 Å². The Morgan fingerprint density at radius 3 is 2.96 bits per heavy atom. The summed E-state index contributed by atoms with van der Waals surface area (Å²) in [4.78, 5) is 17.6. The summed E-state index contributed by atoms with van der Waals surface area (Å²) in [7, 11) is 0. The summed E-state index contributed by atoms with van der Waals surface area (Å²) in [6.45, 7) is 2.48. The molecule has 0 atom stereocenters. The van der Waals surface area contributed by atoms with Crippen LogP contribution in [0.3, 0.4) is 0 Å². The lowest BCUT2D eigenvalue weighted by molar-refractivity contribution is 0.0951. The van der Waals surface area contributed by atoms with Gasteiger partial charge in [0.05, 0.1) is 11.3 Å². The first kappa shape index (κ1) is 17.7. The van der Waals surface area contributed by atoms with E-state index in [1.807, 2.05) is 24.3 Å². The highest BCUT2D eigenvalue weighted by molar-refractivity contribution is 7.98. The Balaban J connectivity index is 1.55. The zero-order chi connectivity index (χ0) is 17.5. The lowest BCUT2D eigenvalue weighted by atomic mass is 9.97. The second kappa shape index (κ2) is 8.85. The summed E-state index contributed by atoms with van der Waals surface area (Å²) in [6.07, 6.45) is 8.19. The van der Waals surface area contributed by atoms with Gasteiger partial charge in [-0.15, -0.1) is 11.8 Å². The minimum Gasteiger partial charge on any atom is -0.352 e. The van der Waals surface area contributed by atoms with Gasteiger partial charge in [-0.2, -0.15) is 4.98 Å². The molecule has 1 aromatic carbocycles. The average molecular weight is 357 g/mol. The first-order chi connectivity index (χ1) is 12.2. The molecule has 1 heterocycles. The smallest absolute Gasteiger partial charge is 0.252 e. The molecule has 0 unspecified atom stereocenters. The summed E-state index contributed by atoms with van der Waals surface area (Å²) >= 11 is 1.53. The fraction of sp³-hybridized carbons (Fsp3) is 0.421. The molecule has 0 saturated heterocycles. The molecule has 1 aromatic heterocycles. The Labute approximate surface area is 152 Å². The molecule has 1 amide bonds. The Morgan fingerprint density at radius 2 is 2.20 bits per heavy atom. The van der Waals surface area contributed by atoms with Crippen molar-refractivity contribution in [2.45, 2.75) is 49.7 Å². The maximum atomic E-state index is 12.5. The van der Waals surface area contributed by atoms with E-state index in [1.165, 1.54) is 43.0 Å². The normalized spacial score (nSPS) is 14.2. The third-order valence-electron chi connectivity index (χ3n) is 4.17. The molecule has 2 aromatic rings. The number of allylic oxidation sites excluding steroid dienone is 1. The van der Waals surface area contributed by atoms with Crippen molar-refractivity contribution >= 4 is 17.7 Å². The Bertz CT molecular complexity index is 755. The molecule has 25 heavy (non-hydrogen) atoms. The van der Waals surface area contributed by atoms with E-state index in [2.05, 4.69) is 21.5 Å². The molecular formula is C19H23N3O2S. The molecule has 6 heteroatoms. The van der Waals surface area contributed by atoms with E-state index in [4.69, 9.17) is 4.52 Å². The maximum Gasteiger partial charge on any atom is 0.252 e. The van der Waals surface area contributed by atoms with Crippen molar-refractivity contribution in [1.82, 2.24) is 15.5 Å². The molecule has 0 fully saturated rings. The van der Waals surface area contributed by atoms with E-state index in [-0.39, 0.29) is 5.91 Å². The molecular weight excluding hydrogens is 334 g/mol. The lowest BCUT2D eigenvalue weighted by Crippen LogP contribution is -2.25. The molecule has 3 rings (SSSR count). The molecule has 132 valence electrons. The first-order valence-corrected chi connectivity index (χ1v) is 9.68. The van der Waals surface area contributed by atoms with Crippen molar-refractivity contribution in [2.24, 2.45) is 0 Å². The number of amides is 1. The van der Waals surface area contributed by atoms with E-state index in [1.54, 1.807) is 6.92 Å². The van der Waals surface area contributed by atoms with Crippen LogP contribution in [0.15, 0.2) is 45.3 Å². The summed E-state index contributed by atoms with van der Waals surface area (Å²) in [5.41, 5.74) is 2.17. The number of hydrogen-bond acceptors (Lipinski definition) is 5. The van der Waals surface area contributed by atoms with Gasteiger partial charge in [-0.25, -0.2) is 0 Å². The molecule has 0 saturated carbocycles. The summed E-state index contributed by atoms with van der Waals surface area (Å²) in [5, 5.41) is 6.83. The zero-order valence-electron chi connectivity index (χ0n) is 14.5. The third-order valence-corrected chi connectivity index (χ3v) is 5.23. The zero-order valence-corrected chi connectivity index (χ0v) is 15.3. The van der Waals surface area contributed by atoms with Crippen LogP contribution in [0.1, 0.15) is 54.2 Å². The molecule has 0 bridgehead atoms. The van der Waals surface area contributed by atoms with E-state index in [0.29, 0.717) is 29.6 Å². The lowest BCUT2D eigenvalue weighted by Gasteiger charge is -2.13. The minimum atomic E-state index is -0.0266. The van der Waals surface area contributed by atoms with Gasteiger partial charge in [0, 0.05) is 11.4 Å². The number of benzene rings is 1. The van der Waals surface area contributed by atoms with Crippen LogP contribution in [-0.2, 0) is 5.75 Å². The maximum absolute atomic E-state index is 12.5. The Morgan fingerprint density at radius 1 is 1.32 bits per heavy atom. The molecule has 0 aliphatic heterocycles. The molecule has 1 aliphatic carbocycles. The molecule has 1 N–H and O–H groups in total. The van der Waals surface area contributed by atoms with Crippen LogP contribution in [0.25, 0.3) is 0 Å². The van der Waals surface area contributed by atoms with Gasteiger partial charge in [0.1, 0.15) is 0 Å². The average Bonchev–Trinajstić information content (AvgIpc) is 3.06. The van der Waals surface area contributed by atoms with Gasteiger partial charge in [-0.05, 0) is 51.2 Å². The predicted octanol–water partition coefficient (Wildman–Crippen LogP) is 4.29. The Kier molecular flexibility index (Phi) is 6.28. The van der Waals surface area contributed by atoms with Crippen molar-refractivity contribution in [2.75, 3.05) is 6.54 Å². The number of nitrogens with zero attached hydrogens (tertiary/aromatic N) is 2. The van der Waals surface area contributed by atoms with E-state index in [9.17, 15) is 4.79 Å². The number of aryl methyl sites for hydroxylation is 1. The van der Waals surface area contributed by atoms with Crippen molar-refractivity contribution in [1.29, 1.82) is 0 Å². The number of carbonyl (C=O) groups is 1. The van der Waals surface area contributed by atoms with Gasteiger partial charge >= 0.3 is 0 Å². The van der Waals surface area contributed by atoms with Crippen LogP contribution in [-0.4, -0.2) is 22.6 Å². The number of thioether (sulfide) groups is 1. The Hall–Kier alpha value is -2.08. The molecule has 0 spiro atoms. The van der Waals surface area contributed by atoms with Gasteiger partial charge in [0.25, 0.3) is 5.91 Å². The van der Waals surface area contributed by atoms with Crippen molar-refractivity contribution in [3.8, 4) is 0 Å². The van der Waals surface area contributed by atoms with Gasteiger partial charge in [0.2, 0.25) is 5.89 Å². The standard InChI is InChI=1S/C19H23N3O2S/c1-14-21-18(24-22-14)13-25-17-10-6-5-9-16(17)19(23)20-12-11-15-7-3-2-4-8-15/h5-7,9-10H,2-4,8,11-13H2,1H3,(H,20,23). The van der Waals surface area contributed by atoms with Crippen LogP contribution in [0.4, 0.5) is 0 Å². The second-order valence-corrected chi connectivity index (χ2v) is 7.15. The van der Waals surface area contributed by atoms with E-state index >= 15 is 0 Å². The van der Waals surface area contributed by atoms with Gasteiger partial charge in [-0.1, -0.05) is 28.9 Å².